The van der Waals surface area contributed by atoms with Crippen LogP contribution in [0.1, 0.15) is 36.5 Å². The number of aryl methyl sites for hydroxylation is 2. The van der Waals surface area contributed by atoms with Gasteiger partial charge in [-0.05, 0) is 37.0 Å². The molecule has 0 bridgehead atoms. The lowest BCUT2D eigenvalue weighted by atomic mass is 9.99. The van der Waals surface area contributed by atoms with Gasteiger partial charge in [0, 0.05) is 6.08 Å². The Labute approximate surface area is 103 Å². The fraction of sp³-hybridized carbons (Fsp3) is 0.400. The van der Waals surface area contributed by atoms with Crippen LogP contribution in [0.25, 0.3) is 6.08 Å². The van der Waals surface area contributed by atoms with E-state index in [4.69, 9.17) is 0 Å². The molecule has 0 aliphatic carbocycles. The fourth-order valence-electron chi connectivity index (χ4n) is 1.71. The lowest BCUT2D eigenvalue weighted by Crippen LogP contribution is -1.95. The van der Waals surface area contributed by atoms with Crippen LogP contribution in [0.5, 0.6) is 0 Å². The summed E-state index contributed by atoms with van der Waals surface area (Å²) in [5, 5.41) is 0. The van der Waals surface area contributed by atoms with E-state index >= 15 is 0 Å². The van der Waals surface area contributed by atoms with E-state index in [1.165, 1.54) is 37.2 Å². The Kier molecular flexibility index (Phi) is 5.47. The van der Waals surface area contributed by atoms with E-state index < -0.39 is 0 Å². The van der Waals surface area contributed by atoms with Crippen LogP contribution in [0.15, 0.2) is 24.3 Å². The van der Waals surface area contributed by atoms with Crippen LogP contribution < -0.4 is 0 Å². The van der Waals surface area contributed by atoms with Gasteiger partial charge < -0.3 is 4.74 Å². The van der Waals surface area contributed by atoms with Crippen molar-refractivity contribution in [1.29, 1.82) is 0 Å². The number of benzene rings is 1. The van der Waals surface area contributed by atoms with Crippen molar-refractivity contribution in [3.05, 3.63) is 41.0 Å². The van der Waals surface area contributed by atoms with Crippen molar-refractivity contribution in [3.8, 4) is 0 Å². The number of unbranched alkanes of at least 4 members (excludes halogenated alkanes) is 1. The topological polar surface area (TPSA) is 26.3 Å². The third kappa shape index (κ3) is 4.43. The SMILES string of the molecule is CCCCc1cc(C)ccc1C=CC(=O)OC. The van der Waals surface area contributed by atoms with Crippen molar-refractivity contribution in [2.24, 2.45) is 0 Å². The van der Waals surface area contributed by atoms with Gasteiger partial charge in [0.15, 0.2) is 0 Å². The summed E-state index contributed by atoms with van der Waals surface area (Å²) in [6.07, 6.45) is 6.70. The highest BCUT2D eigenvalue weighted by atomic mass is 16.5. The zero-order valence-electron chi connectivity index (χ0n) is 10.8. The minimum atomic E-state index is -0.313. The zero-order valence-corrected chi connectivity index (χ0v) is 10.8. The van der Waals surface area contributed by atoms with E-state index in [1.807, 2.05) is 6.08 Å². The molecular weight excluding hydrogens is 212 g/mol. The summed E-state index contributed by atoms with van der Waals surface area (Å²) < 4.78 is 4.59. The molecule has 0 N–H and O–H groups in total. The van der Waals surface area contributed by atoms with Crippen LogP contribution in [0, 0.1) is 6.92 Å². The lowest BCUT2D eigenvalue weighted by Gasteiger charge is -2.06. The zero-order chi connectivity index (χ0) is 12.7. The number of rotatable bonds is 5. The van der Waals surface area contributed by atoms with E-state index in [0.717, 1.165) is 12.0 Å². The third-order valence-electron chi connectivity index (χ3n) is 2.70. The molecule has 0 unspecified atom stereocenters. The molecule has 1 rings (SSSR count). The first-order chi connectivity index (χ1) is 8.17. The normalized spacial score (nSPS) is 10.8. The van der Waals surface area contributed by atoms with Crippen LogP contribution in [-0.2, 0) is 16.0 Å². The van der Waals surface area contributed by atoms with Crippen molar-refractivity contribution in [2.75, 3.05) is 7.11 Å². The Morgan fingerprint density at radius 3 is 2.82 bits per heavy atom. The van der Waals surface area contributed by atoms with Crippen molar-refractivity contribution in [1.82, 2.24) is 0 Å². The predicted octanol–water partition coefficient (Wildman–Crippen LogP) is 3.52. The van der Waals surface area contributed by atoms with Crippen LogP contribution in [0.2, 0.25) is 0 Å². The van der Waals surface area contributed by atoms with Crippen molar-refractivity contribution in [2.45, 2.75) is 33.1 Å². The Hall–Kier alpha value is -1.57. The van der Waals surface area contributed by atoms with Gasteiger partial charge in [-0.15, -0.1) is 0 Å². The van der Waals surface area contributed by atoms with Gasteiger partial charge in [0.2, 0.25) is 0 Å². The quantitative estimate of drug-likeness (QED) is 0.573. The molecule has 0 fully saturated rings. The lowest BCUT2D eigenvalue weighted by molar-refractivity contribution is -0.134. The Morgan fingerprint density at radius 2 is 2.18 bits per heavy atom. The highest BCUT2D eigenvalue weighted by Gasteiger charge is 2.01. The maximum atomic E-state index is 11.1. The largest absolute Gasteiger partial charge is 0.466 e. The molecule has 92 valence electrons. The Bertz CT molecular complexity index is 405. The highest BCUT2D eigenvalue weighted by molar-refractivity contribution is 5.87. The number of hydrogen-bond donors (Lipinski definition) is 0. The van der Waals surface area contributed by atoms with Crippen LogP contribution in [0.4, 0.5) is 0 Å². The minimum absolute atomic E-state index is 0.313. The first-order valence-corrected chi connectivity index (χ1v) is 6.03. The summed E-state index contributed by atoms with van der Waals surface area (Å²) in [4.78, 5) is 11.1. The molecule has 17 heavy (non-hydrogen) atoms. The molecule has 0 saturated carbocycles. The second kappa shape index (κ2) is 6.89. The molecule has 0 heterocycles. The van der Waals surface area contributed by atoms with Crippen molar-refractivity contribution in [3.63, 3.8) is 0 Å². The molecule has 0 radical (unpaired) electrons. The van der Waals surface area contributed by atoms with E-state index in [1.54, 1.807) is 0 Å². The van der Waals surface area contributed by atoms with Gasteiger partial charge in [0.1, 0.15) is 0 Å². The molecule has 0 aliphatic rings. The molecule has 2 nitrogen and oxygen atoms in total. The van der Waals surface area contributed by atoms with Gasteiger partial charge in [-0.3, -0.25) is 0 Å². The summed E-state index contributed by atoms with van der Waals surface area (Å²) >= 11 is 0. The van der Waals surface area contributed by atoms with E-state index in [9.17, 15) is 4.79 Å². The van der Waals surface area contributed by atoms with Gasteiger partial charge in [0.05, 0.1) is 7.11 Å². The maximum Gasteiger partial charge on any atom is 0.330 e. The Balaban J connectivity index is 2.89. The van der Waals surface area contributed by atoms with E-state index in [0.29, 0.717) is 0 Å². The third-order valence-corrected chi connectivity index (χ3v) is 2.70. The summed E-state index contributed by atoms with van der Waals surface area (Å²) in [7, 11) is 1.39. The van der Waals surface area contributed by atoms with Gasteiger partial charge in [0.25, 0.3) is 0 Å². The second-order valence-electron chi connectivity index (χ2n) is 4.16. The molecule has 1 aromatic rings. The smallest absolute Gasteiger partial charge is 0.330 e. The molecule has 0 amide bonds. The van der Waals surface area contributed by atoms with E-state index in [-0.39, 0.29) is 5.97 Å². The number of hydrogen-bond acceptors (Lipinski definition) is 2. The fourth-order valence-corrected chi connectivity index (χ4v) is 1.71. The first-order valence-electron chi connectivity index (χ1n) is 6.03. The predicted molar refractivity (Wildman–Crippen MR) is 70.8 cm³/mol. The molecule has 0 aliphatic heterocycles. The number of ether oxygens (including phenoxy) is 1. The Morgan fingerprint density at radius 1 is 1.41 bits per heavy atom. The number of carbonyl (C=O) groups is 1. The first kappa shape index (κ1) is 13.5. The number of carbonyl (C=O) groups excluding carboxylic acids is 1. The summed E-state index contributed by atoms with van der Waals surface area (Å²) in [5.74, 6) is -0.313. The molecule has 0 saturated heterocycles. The minimum Gasteiger partial charge on any atom is -0.466 e. The molecule has 2 heteroatoms. The highest BCUT2D eigenvalue weighted by Crippen LogP contribution is 2.16. The second-order valence-corrected chi connectivity index (χ2v) is 4.16. The van der Waals surface area contributed by atoms with Gasteiger partial charge in [-0.1, -0.05) is 37.1 Å². The molecule has 0 atom stereocenters. The molecule has 0 aromatic heterocycles. The molecule has 1 aromatic carbocycles. The standard InChI is InChI=1S/C15H20O2/c1-4-5-6-14-11-12(2)7-8-13(14)9-10-15(16)17-3/h7-11H,4-6H2,1-3H3. The van der Waals surface area contributed by atoms with Gasteiger partial charge >= 0.3 is 5.97 Å². The van der Waals surface area contributed by atoms with E-state index in [2.05, 4.69) is 36.8 Å². The summed E-state index contributed by atoms with van der Waals surface area (Å²) in [5.41, 5.74) is 3.66. The monoisotopic (exact) mass is 232 g/mol. The van der Waals surface area contributed by atoms with Crippen LogP contribution in [0.3, 0.4) is 0 Å². The summed E-state index contributed by atoms with van der Waals surface area (Å²) in [6.45, 7) is 4.27. The van der Waals surface area contributed by atoms with Gasteiger partial charge in [-0.2, -0.15) is 0 Å². The van der Waals surface area contributed by atoms with Crippen LogP contribution >= 0.6 is 0 Å². The van der Waals surface area contributed by atoms with Crippen LogP contribution in [-0.4, -0.2) is 13.1 Å². The number of methoxy groups -OCH3 is 1. The average Bonchev–Trinajstić information content (AvgIpc) is 2.34. The summed E-state index contributed by atoms with van der Waals surface area (Å²) in [6, 6.07) is 6.30. The van der Waals surface area contributed by atoms with Crippen molar-refractivity contribution >= 4 is 12.0 Å². The van der Waals surface area contributed by atoms with Gasteiger partial charge in [-0.25, -0.2) is 4.79 Å². The molecular formula is C15H20O2. The maximum absolute atomic E-state index is 11.1. The average molecular weight is 232 g/mol. The van der Waals surface area contributed by atoms with Crippen molar-refractivity contribution < 1.29 is 9.53 Å². The molecule has 0 spiro atoms. The number of esters is 1.